The molecule has 0 saturated carbocycles. The molecule has 1 unspecified atom stereocenters. The number of imidazole rings is 1. The van der Waals surface area contributed by atoms with Gasteiger partial charge in [0.05, 0.1) is 37.1 Å². The van der Waals surface area contributed by atoms with Crippen LogP contribution in [0.3, 0.4) is 0 Å². The van der Waals surface area contributed by atoms with Crippen molar-refractivity contribution in [2.45, 2.75) is 25.3 Å². The lowest BCUT2D eigenvalue weighted by molar-refractivity contribution is -0.132. The number of hydrogen-bond acceptors (Lipinski definition) is 5. The van der Waals surface area contributed by atoms with Crippen molar-refractivity contribution in [1.29, 1.82) is 0 Å². The van der Waals surface area contributed by atoms with Crippen LogP contribution in [0.4, 0.5) is 0 Å². The van der Waals surface area contributed by atoms with Crippen LogP contribution in [-0.2, 0) is 17.8 Å². The largest absolute Gasteiger partial charge is 0.497 e. The third-order valence-electron chi connectivity index (χ3n) is 4.92. The molecule has 1 aromatic carbocycles. The van der Waals surface area contributed by atoms with E-state index in [4.69, 9.17) is 4.74 Å². The highest BCUT2D eigenvalue weighted by atomic mass is 16.5. The van der Waals surface area contributed by atoms with Crippen molar-refractivity contribution < 1.29 is 9.53 Å². The van der Waals surface area contributed by atoms with E-state index in [0.717, 1.165) is 28.4 Å². The summed E-state index contributed by atoms with van der Waals surface area (Å²) in [5.41, 5.74) is 3.96. The molecule has 138 valence electrons. The highest BCUT2D eigenvalue weighted by Crippen LogP contribution is 2.32. The van der Waals surface area contributed by atoms with Gasteiger partial charge in [0.15, 0.2) is 0 Å². The molecule has 0 bridgehead atoms. The number of ether oxygens (including phenoxy) is 1. The number of methoxy groups -OCH3 is 1. The van der Waals surface area contributed by atoms with Crippen LogP contribution >= 0.6 is 0 Å². The normalized spacial score (nSPS) is 16.0. The molecule has 0 fully saturated rings. The quantitative estimate of drug-likeness (QED) is 0.752. The molecule has 0 spiro atoms. The van der Waals surface area contributed by atoms with Gasteiger partial charge in [0.25, 0.3) is 0 Å². The van der Waals surface area contributed by atoms with E-state index in [9.17, 15) is 4.79 Å². The number of amides is 1. The van der Waals surface area contributed by atoms with Gasteiger partial charge in [-0.1, -0.05) is 12.1 Å². The van der Waals surface area contributed by atoms with Gasteiger partial charge in [0.1, 0.15) is 5.75 Å². The van der Waals surface area contributed by atoms with Gasteiger partial charge in [-0.3, -0.25) is 14.8 Å². The second-order valence-corrected chi connectivity index (χ2v) is 6.56. The van der Waals surface area contributed by atoms with Crippen molar-refractivity contribution in [1.82, 2.24) is 24.8 Å². The molecule has 3 heterocycles. The molecular weight excluding hydrogens is 342 g/mol. The van der Waals surface area contributed by atoms with E-state index in [0.29, 0.717) is 25.9 Å². The Morgan fingerprint density at radius 1 is 1.26 bits per heavy atom. The Morgan fingerprint density at radius 3 is 2.85 bits per heavy atom. The van der Waals surface area contributed by atoms with Crippen LogP contribution < -0.4 is 4.74 Å². The van der Waals surface area contributed by atoms with Gasteiger partial charge in [-0.25, -0.2) is 4.98 Å². The lowest BCUT2D eigenvalue weighted by atomic mass is 9.90. The smallest absolute Gasteiger partial charge is 0.223 e. The van der Waals surface area contributed by atoms with Crippen LogP contribution in [0.25, 0.3) is 0 Å². The van der Waals surface area contributed by atoms with Crippen LogP contribution in [0.1, 0.15) is 35.0 Å². The maximum atomic E-state index is 12.8. The summed E-state index contributed by atoms with van der Waals surface area (Å²) in [6, 6.07) is 7.96. The number of hydrogen-bond donors (Lipinski definition) is 1. The number of fused-ring (bicyclic) bond motifs is 1. The average Bonchev–Trinajstić information content (AvgIpc) is 3.21. The van der Waals surface area contributed by atoms with Crippen molar-refractivity contribution in [2.24, 2.45) is 0 Å². The lowest BCUT2D eigenvalue weighted by Gasteiger charge is -2.32. The lowest BCUT2D eigenvalue weighted by Crippen LogP contribution is -2.38. The maximum absolute atomic E-state index is 12.8. The van der Waals surface area contributed by atoms with Crippen LogP contribution in [0, 0.1) is 0 Å². The number of nitrogens with one attached hydrogen (secondary N) is 1. The Kier molecular flexibility index (Phi) is 4.82. The Morgan fingerprint density at radius 2 is 2.11 bits per heavy atom. The highest BCUT2D eigenvalue weighted by molar-refractivity contribution is 5.77. The minimum absolute atomic E-state index is 0.0476. The summed E-state index contributed by atoms with van der Waals surface area (Å²) in [7, 11) is 1.65. The zero-order valence-corrected chi connectivity index (χ0v) is 15.1. The molecular formula is C20H21N5O2. The molecule has 0 saturated heterocycles. The molecule has 1 aliphatic heterocycles. The summed E-state index contributed by atoms with van der Waals surface area (Å²) in [6.07, 6.45) is 7.70. The van der Waals surface area contributed by atoms with Crippen molar-refractivity contribution in [2.75, 3.05) is 13.7 Å². The van der Waals surface area contributed by atoms with Gasteiger partial charge in [-0.05, 0) is 24.1 Å². The fraction of sp³-hybridized carbons (Fsp3) is 0.300. The van der Waals surface area contributed by atoms with Crippen molar-refractivity contribution in [3.63, 3.8) is 0 Å². The monoisotopic (exact) mass is 363 g/mol. The predicted molar refractivity (Wildman–Crippen MR) is 99.2 cm³/mol. The van der Waals surface area contributed by atoms with Gasteiger partial charge in [-0.15, -0.1) is 0 Å². The Labute approximate surface area is 157 Å². The first-order valence-corrected chi connectivity index (χ1v) is 8.93. The molecule has 0 radical (unpaired) electrons. The predicted octanol–water partition coefficient (Wildman–Crippen LogP) is 2.32. The number of rotatable bonds is 5. The average molecular weight is 363 g/mol. The van der Waals surface area contributed by atoms with Crippen LogP contribution in [0.15, 0.2) is 49.2 Å². The molecule has 2 aromatic heterocycles. The first kappa shape index (κ1) is 17.2. The maximum Gasteiger partial charge on any atom is 0.223 e. The van der Waals surface area contributed by atoms with Crippen molar-refractivity contribution in [3.8, 4) is 5.75 Å². The SMILES string of the molecule is COc1ccc(C2CN(C(=O)CCc3cnccn3)Cc3[nH]cnc32)cc1. The number of nitrogens with zero attached hydrogens (tertiary/aromatic N) is 4. The summed E-state index contributed by atoms with van der Waals surface area (Å²) in [5, 5.41) is 0. The first-order chi connectivity index (χ1) is 13.2. The standard InChI is InChI=1S/C20H21N5O2/c1-27-16-5-2-14(3-6-16)17-11-25(12-18-20(17)24-13-23-18)19(26)7-4-15-10-21-8-9-22-15/h2-3,5-6,8-10,13,17H,4,7,11-12H2,1H3,(H,23,24). The molecule has 1 amide bonds. The second-order valence-electron chi connectivity index (χ2n) is 6.56. The van der Waals surface area contributed by atoms with Crippen LogP contribution in [0.2, 0.25) is 0 Å². The molecule has 1 N–H and O–H groups in total. The van der Waals surface area contributed by atoms with E-state index < -0.39 is 0 Å². The fourth-order valence-electron chi connectivity index (χ4n) is 3.46. The van der Waals surface area contributed by atoms with Gasteiger partial charge in [0, 0.05) is 37.5 Å². The molecule has 27 heavy (non-hydrogen) atoms. The van der Waals surface area contributed by atoms with Crippen LogP contribution in [-0.4, -0.2) is 44.4 Å². The summed E-state index contributed by atoms with van der Waals surface area (Å²) >= 11 is 0. The summed E-state index contributed by atoms with van der Waals surface area (Å²) in [4.78, 5) is 30.7. The van der Waals surface area contributed by atoms with Gasteiger partial charge >= 0.3 is 0 Å². The molecule has 7 nitrogen and oxygen atoms in total. The number of H-pyrrole nitrogens is 1. The number of aromatic nitrogens is 4. The third-order valence-corrected chi connectivity index (χ3v) is 4.92. The molecule has 1 aliphatic rings. The van der Waals surface area contributed by atoms with E-state index in [1.807, 2.05) is 29.2 Å². The Hall–Kier alpha value is -3.22. The number of carbonyl (C=O) groups excluding carboxylic acids is 1. The highest BCUT2D eigenvalue weighted by Gasteiger charge is 2.31. The Balaban J connectivity index is 1.51. The molecule has 7 heteroatoms. The first-order valence-electron chi connectivity index (χ1n) is 8.93. The second kappa shape index (κ2) is 7.57. The summed E-state index contributed by atoms with van der Waals surface area (Å²) in [6.45, 7) is 1.17. The third kappa shape index (κ3) is 3.67. The molecule has 1 atom stereocenters. The minimum atomic E-state index is 0.0476. The van der Waals surface area contributed by atoms with Crippen LogP contribution in [0.5, 0.6) is 5.75 Å². The molecule has 4 rings (SSSR count). The minimum Gasteiger partial charge on any atom is -0.497 e. The van der Waals surface area contributed by atoms with Crippen molar-refractivity contribution in [3.05, 3.63) is 71.8 Å². The molecule has 3 aromatic rings. The summed E-state index contributed by atoms with van der Waals surface area (Å²) in [5.74, 6) is 0.972. The fourth-order valence-corrected chi connectivity index (χ4v) is 3.46. The Bertz CT molecular complexity index is 908. The van der Waals surface area contributed by atoms with Gasteiger partial charge in [-0.2, -0.15) is 0 Å². The summed E-state index contributed by atoms with van der Waals surface area (Å²) < 4.78 is 5.25. The van der Waals surface area contributed by atoms with E-state index >= 15 is 0 Å². The number of carbonyl (C=O) groups is 1. The van der Waals surface area contributed by atoms with Gasteiger partial charge in [0.2, 0.25) is 5.91 Å². The van der Waals surface area contributed by atoms with E-state index in [1.54, 1.807) is 32.0 Å². The number of aryl methyl sites for hydroxylation is 1. The van der Waals surface area contributed by atoms with E-state index in [2.05, 4.69) is 19.9 Å². The zero-order valence-electron chi connectivity index (χ0n) is 15.1. The zero-order chi connectivity index (χ0) is 18.6. The van der Waals surface area contributed by atoms with E-state index in [-0.39, 0.29) is 11.8 Å². The van der Waals surface area contributed by atoms with E-state index in [1.165, 1.54) is 0 Å². The van der Waals surface area contributed by atoms with Gasteiger partial charge < -0.3 is 14.6 Å². The number of aromatic amines is 1. The van der Waals surface area contributed by atoms with Crippen molar-refractivity contribution >= 4 is 5.91 Å². The number of benzene rings is 1. The molecule has 0 aliphatic carbocycles. The topological polar surface area (TPSA) is 84.0 Å².